The second kappa shape index (κ2) is 5.94. The molecule has 0 aromatic carbocycles. The molecule has 96 valence electrons. The van der Waals surface area contributed by atoms with E-state index in [0.717, 1.165) is 11.3 Å². The van der Waals surface area contributed by atoms with Crippen molar-refractivity contribution in [3.63, 3.8) is 0 Å². The van der Waals surface area contributed by atoms with E-state index >= 15 is 0 Å². The van der Waals surface area contributed by atoms with E-state index in [0.29, 0.717) is 15.4 Å². The summed E-state index contributed by atoms with van der Waals surface area (Å²) >= 11 is 14.8. The zero-order valence-electron chi connectivity index (χ0n) is 8.81. The van der Waals surface area contributed by atoms with Crippen molar-refractivity contribution in [3.05, 3.63) is 14.9 Å². The normalized spacial score (nSPS) is 12.0. The van der Waals surface area contributed by atoms with Gasteiger partial charge in [0.25, 0.3) is 10.0 Å². The lowest BCUT2D eigenvalue weighted by Gasteiger charge is -2.18. The van der Waals surface area contributed by atoms with Crippen LogP contribution in [-0.2, 0) is 10.0 Å². The van der Waals surface area contributed by atoms with Crippen LogP contribution in [0.3, 0.4) is 0 Å². The number of sulfonamides is 1. The molecule has 0 aliphatic heterocycles. The van der Waals surface area contributed by atoms with Crippen molar-refractivity contribution >= 4 is 66.1 Å². The Morgan fingerprint density at radius 1 is 1.71 bits per heavy atom. The third kappa shape index (κ3) is 3.62. The average molecular weight is 378 g/mol. The highest BCUT2D eigenvalue weighted by Gasteiger charge is 2.26. The summed E-state index contributed by atoms with van der Waals surface area (Å²) in [5, 5.41) is 0.375. The number of hydrogen-bond acceptors (Lipinski definition) is 4. The molecule has 9 heteroatoms. The molecule has 0 unspecified atom stereocenters. The topological polar surface area (TPSA) is 63.4 Å². The minimum absolute atomic E-state index is 0.0291. The van der Waals surface area contributed by atoms with Crippen molar-refractivity contribution in [2.24, 2.45) is 5.73 Å². The number of thiocarbonyl (C=S) groups is 1. The SMILES string of the molecule is CCN(CC(N)=S)S(=O)(=O)c1cc(Cl)c(Br)s1. The number of hydrogen-bond donors (Lipinski definition) is 1. The average Bonchev–Trinajstić information content (AvgIpc) is 2.56. The number of halogens is 2. The van der Waals surface area contributed by atoms with E-state index in [-0.39, 0.29) is 15.7 Å². The van der Waals surface area contributed by atoms with Gasteiger partial charge < -0.3 is 5.73 Å². The summed E-state index contributed by atoms with van der Waals surface area (Å²) in [6, 6.07) is 1.41. The van der Waals surface area contributed by atoms with Gasteiger partial charge in [-0.25, -0.2) is 8.42 Å². The molecule has 0 spiro atoms. The van der Waals surface area contributed by atoms with Gasteiger partial charge >= 0.3 is 0 Å². The van der Waals surface area contributed by atoms with Crippen LogP contribution in [0.2, 0.25) is 5.02 Å². The highest BCUT2D eigenvalue weighted by molar-refractivity contribution is 9.11. The Kier molecular flexibility index (Phi) is 5.36. The quantitative estimate of drug-likeness (QED) is 0.801. The van der Waals surface area contributed by atoms with Crippen molar-refractivity contribution in [2.45, 2.75) is 11.1 Å². The summed E-state index contributed by atoms with van der Waals surface area (Å²) < 4.78 is 26.4. The molecule has 1 rings (SSSR count). The van der Waals surface area contributed by atoms with Crippen molar-refractivity contribution < 1.29 is 8.42 Å². The largest absolute Gasteiger partial charge is 0.392 e. The maximum atomic E-state index is 12.2. The van der Waals surface area contributed by atoms with E-state index in [1.807, 2.05) is 0 Å². The second-order valence-corrected chi connectivity index (χ2v) is 8.55. The van der Waals surface area contributed by atoms with Crippen LogP contribution in [-0.4, -0.2) is 30.8 Å². The van der Waals surface area contributed by atoms with Gasteiger partial charge in [0.15, 0.2) is 0 Å². The van der Waals surface area contributed by atoms with E-state index in [2.05, 4.69) is 15.9 Å². The Morgan fingerprint density at radius 3 is 2.65 bits per heavy atom. The Hall–Kier alpha value is 0.270. The molecule has 1 heterocycles. The first-order chi connectivity index (χ1) is 7.78. The smallest absolute Gasteiger partial charge is 0.253 e. The summed E-state index contributed by atoms with van der Waals surface area (Å²) in [5.74, 6) is 0. The monoisotopic (exact) mass is 376 g/mol. The van der Waals surface area contributed by atoms with Crippen molar-refractivity contribution in [2.75, 3.05) is 13.1 Å². The Balaban J connectivity index is 3.12. The fraction of sp³-hybridized carbons (Fsp3) is 0.375. The molecule has 17 heavy (non-hydrogen) atoms. The number of thiophene rings is 1. The van der Waals surface area contributed by atoms with Gasteiger partial charge in [0.05, 0.1) is 20.3 Å². The van der Waals surface area contributed by atoms with Crippen molar-refractivity contribution in [3.8, 4) is 0 Å². The number of nitrogens with zero attached hydrogens (tertiary/aromatic N) is 1. The lowest BCUT2D eigenvalue weighted by atomic mass is 10.6. The predicted molar refractivity (Wildman–Crippen MR) is 78.2 cm³/mol. The fourth-order valence-corrected chi connectivity index (χ4v) is 5.34. The van der Waals surface area contributed by atoms with Crippen molar-refractivity contribution in [1.82, 2.24) is 4.31 Å². The van der Waals surface area contributed by atoms with Crippen LogP contribution in [0.1, 0.15) is 6.92 Å². The molecule has 0 bridgehead atoms. The van der Waals surface area contributed by atoms with Crippen LogP contribution < -0.4 is 5.73 Å². The highest BCUT2D eigenvalue weighted by atomic mass is 79.9. The van der Waals surface area contributed by atoms with E-state index < -0.39 is 10.0 Å². The molecule has 2 N–H and O–H groups in total. The molecule has 1 aromatic heterocycles. The molecule has 0 aliphatic carbocycles. The molecule has 4 nitrogen and oxygen atoms in total. The summed E-state index contributed by atoms with van der Waals surface area (Å²) in [5.41, 5.74) is 5.37. The molecule has 0 amide bonds. The molecule has 0 aliphatic rings. The zero-order valence-corrected chi connectivity index (χ0v) is 13.6. The molecule has 0 fully saturated rings. The van der Waals surface area contributed by atoms with Gasteiger partial charge in [-0.2, -0.15) is 4.31 Å². The minimum Gasteiger partial charge on any atom is -0.392 e. The molecule has 1 aromatic rings. The van der Waals surface area contributed by atoms with Crippen LogP contribution in [0.5, 0.6) is 0 Å². The molecule has 0 saturated heterocycles. The molecular weight excluding hydrogens is 368 g/mol. The van der Waals surface area contributed by atoms with Crippen LogP contribution in [0.15, 0.2) is 14.1 Å². The van der Waals surface area contributed by atoms with Crippen LogP contribution >= 0.6 is 51.1 Å². The third-order valence-corrected chi connectivity index (χ3v) is 6.88. The first kappa shape index (κ1) is 15.3. The van der Waals surface area contributed by atoms with E-state index in [4.69, 9.17) is 29.6 Å². The van der Waals surface area contributed by atoms with Gasteiger partial charge in [-0.05, 0) is 22.0 Å². The van der Waals surface area contributed by atoms with Gasteiger partial charge in [-0.3, -0.25) is 0 Å². The minimum atomic E-state index is -3.58. The summed E-state index contributed by atoms with van der Waals surface area (Å²) in [4.78, 5) is 0.136. The maximum absolute atomic E-state index is 12.2. The summed E-state index contributed by atoms with van der Waals surface area (Å²) in [6.45, 7) is 2.05. The van der Waals surface area contributed by atoms with E-state index in [9.17, 15) is 8.42 Å². The fourth-order valence-electron chi connectivity index (χ4n) is 1.12. The molecule has 0 saturated carbocycles. The summed E-state index contributed by atoms with van der Waals surface area (Å²) in [7, 11) is -3.58. The third-order valence-electron chi connectivity index (χ3n) is 1.90. The second-order valence-electron chi connectivity index (χ2n) is 3.08. The molecule has 0 atom stereocenters. The maximum Gasteiger partial charge on any atom is 0.253 e. The lowest BCUT2D eigenvalue weighted by Crippen LogP contribution is -2.37. The van der Waals surface area contributed by atoms with Gasteiger partial charge in [-0.1, -0.05) is 30.7 Å². The van der Waals surface area contributed by atoms with E-state index in [1.54, 1.807) is 6.92 Å². The lowest BCUT2D eigenvalue weighted by molar-refractivity contribution is 0.469. The zero-order chi connectivity index (χ0) is 13.2. The first-order valence-corrected chi connectivity index (χ1v) is 8.36. The molecular formula is C8H10BrClN2O2S3. The standard InChI is InChI=1S/C8H10BrClN2O2S3/c1-2-12(4-6(11)15)17(13,14)7-3-5(10)8(9)16-7/h3H,2,4H2,1H3,(H2,11,15). The Labute approximate surface area is 123 Å². The van der Waals surface area contributed by atoms with E-state index in [1.165, 1.54) is 10.4 Å². The molecule has 0 radical (unpaired) electrons. The predicted octanol–water partition coefficient (Wildman–Crippen LogP) is 2.46. The van der Waals surface area contributed by atoms with Gasteiger partial charge in [0, 0.05) is 6.54 Å². The van der Waals surface area contributed by atoms with Crippen molar-refractivity contribution in [1.29, 1.82) is 0 Å². The Bertz CT molecular complexity index is 509. The Morgan fingerprint density at radius 2 is 2.29 bits per heavy atom. The highest BCUT2D eigenvalue weighted by Crippen LogP contribution is 2.35. The van der Waals surface area contributed by atoms with Gasteiger partial charge in [0.2, 0.25) is 0 Å². The number of rotatable bonds is 5. The van der Waals surface area contributed by atoms with Crippen LogP contribution in [0, 0.1) is 0 Å². The van der Waals surface area contributed by atoms with Crippen LogP contribution in [0.25, 0.3) is 0 Å². The summed E-state index contributed by atoms with van der Waals surface area (Å²) in [6.07, 6.45) is 0. The number of likely N-dealkylation sites (N-methyl/N-ethyl adjacent to an activating group) is 1. The number of nitrogens with two attached hydrogens (primary N) is 1. The van der Waals surface area contributed by atoms with Crippen LogP contribution in [0.4, 0.5) is 0 Å². The van der Waals surface area contributed by atoms with Gasteiger partial charge in [0.1, 0.15) is 4.21 Å². The first-order valence-electron chi connectivity index (χ1n) is 4.52. The van der Waals surface area contributed by atoms with Gasteiger partial charge in [-0.15, -0.1) is 11.3 Å².